The highest BCUT2D eigenvalue weighted by molar-refractivity contribution is 7.96. The van der Waals surface area contributed by atoms with E-state index in [4.69, 9.17) is 0 Å². The summed E-state index contributed by atoms with van der Waals surface area (Å²) in [5, 5.41) is 0. The zero-order valence-electron chi connectivity index (χ0n) is 5.70. The molecule has 1 heterocycles. The largest absolute Gasteiger partial charge is 0.257 e. The molecule has 2 nitrogen and oxygen atoms in total. The zero-order chi connectivity index (χ0) is 6.69. The van der Waals surface area contributed by atoms with Gasteiger partial charge in [0.1, 0.15) is 13.1 Å². The van der Waals surface area contributed by atoms with Crippen LogP contribution in [0.4, 0.5) is 0 Å². The normalized spacial score (nSPS) is 18.4. The van der Waals surface area contributed by atoms with E-state index in [2.05, 4.69) is 27.1 Å². The lowest BCUT2D eigenvalue weighted by Gasteiger charge is -1.95. The smallest absolute Gasteiger partial charge is 0.199 e. The molecule has 4 heteroatoms. The maximum absolute atomic E-state index is 2.23. The van der Waals surface area contributed by atoms with Crippen molar-refractivity contribution in [1.82, 2.24) is 4.31 Å². The minimum atomic E-state index is 1.15. The van der Waals surface area contributed by atoms with Crippen LogP contribution in [0.15, 0.2) is 0 Å². The first-order valence-corrected chi connectivity index (χ1v) is 5.19. The Bertz CT molecular complexity index is 124. The van der Waals surface area contributed by atoms with Crippen molar-refractivity contribution in [3.8, 4) is 0 Å². The average Bonchev–Trinajstić information content (AvgIpc) is 2.34. The molecule has 52 valence electrons. The predicted molar refractivity (Wildman–Crippen MR) is 44.9 cm³/mol. The molecule has 9 heavy (non-hydrogen) atoms. The average molecular weight is 163 g/mol. The van der Waals surface area contributed by atoms with Crippen LogP contribution in [0.1, 0.15) is 0 Å². The van der Waals surface area contributed by atoms with Crippen molar-refractivity contribution in [3.63, 3.8) is 0 Å². The van der Waals surface area contributed by atoms with E-state index in [9.17, 15) is 0 Å². The maximum atomic E-state index is 2.23. The topological polar surface area (TPSA) is 6.25 Å². The van der Waals surface area contributed by atoms with E-state index in [0.717, 1.165) is 13.1 Å². The fourth-order valence-corrected chi connectivity index (χ4v) is 1.74. The highest BCUT2D eigenvalue weighted by atomic mass is 32.2. The molecule has 0 saturated carbocycles. The van der Waals surface area contributed by atoms with Crippen molar-refractivity contribution >= 4 is 30.2 Å². The molecular formula is C5H11N2S2+. The summed E-state index contributed by atoms with van der Waals surface area (Å²) in [6.07, 6.45) is 6.34. The number of hydrogen-bond donors (Lipinski definition) is 0. The third-order valence-corrected chi connectivity index (χ3v) is 2.76. The van der Waals surface area contributed by atoms with E-state index in [0.29, 0.717) is 0 Å². The molecule has 0 N–H and O–H groups in total. The first kappa shape index (κ1) is 7.28. The minimum absolute atomic E-state index is 1.15. The van der Waals surface area contributed by atoms with Crippen LogP contribution in [0.25, 0.3) is 0 Å². The number of hydrogen-bond acceptors (Lipinski definition) is 3. The number of nitrogens with zero attached hydrogens (tertiary/aromatic N) is 2. The molecule has 0 spiro atoms. The first-order valence-electron chi connectivity index (χ1n) is 2.83. The van der Waals surface area contributed by atoms with Gasteiger partial charge in [-0.2, -0.15) is 8.29 Å². The van der Waals surface area contributed by atoms with Gasteiger partial charge in [-0.05, 0) is 0 Å². The van der Waals surface area contributed by atoms with Crippen molar-refractivity contribution in [2.45, 2.75) is 0 Å². The SMILES string of the molecule is CSN1C=[N+](SC)CC1. The van der Waals surface area contributed by atoms with E-state index >= 15 is 0 Å². The van der Waals surface area contributed by atoms with Crippen LogP contribution in [-0.4, -0.2) is 40.2 Å². The van der Waals surface area contributed by atoms with Crippen LogP contribution in [0.2, 0.25) is 0 Å². The minimum Gasteiger partial charge on any atom is -0.199 e. The molecule has 0 fully saturated rings. The van der Waals surface area contributed by atoms with E-state index in [1.54, 1.807) is 23.9 Å². The van der Waals surface area contributed by atoms with Gasteiger partial charge in [-0.25, -0.2) is 0 Å². The molecule has 1 aliphatic heterocycles. The Morgan fingerprint density at radius 2 is 2.33 bits per heavy atom. The Balaban J connectivity index is 2.40. The molecule has 0 amide bonds. The summed E-state index contributed by atoms with van der Waals surface area (Å²) in [6, 6.07) is 0. The second-order valence-electron chi connectivity index (χ2n) is 1.76. The van der Waals surface area contributed by atoms with Crippen molar-refractivity contribution < 1.29 is 3.98 Å². The quantitative estimate of drug-likeness (QED) is 0.441. The van der Waals surface area contributed by atoms with Crippen molar-refractivity contribution in [2.75, 3.05) is 25.6 Å². The summed E-state index contributed by atoms with van der Waals surface area (Å²) in [6.45, 7) is 2.31. The maximum Gasteiger partial charge on any atom is 0.257 e. The molecule has 0 aromatic carbocycles. The lowest BCUT2D eigenvalue weighted by atomic mass is 10.7. The van der Waals surface area contributed by atoms with Gasteiger partial charge in [0.25, 0.3) is 6.34 Å². The van der Waals surface area contributed by atoms with Crippen LogP contribution in [-0.2, 0) is 0 Å². The first-order chi connectivity index (χ1) is 4.36. The Morgan fingerprint density at radius 3 is 2.67 bits per heavy atom. The van der Waals surface area contributed by atoms with Crippen LogP contribution >= 0.6 is 23.9 Å². The highest BCUT2D eigenvalue weighted by Gasteiger charge is 2.17. The molecule has 0 bridgehead atoms. The molecule has 1 aliphatic rings. The van der Waals surface area contributed by atoms with Gasteiger partial charge < -0.3 is 0 Å². The summed E-state index contributed by atoms with van der Waals surface area (Å²) < 4.78 is 4.47. The van der Waals surface area contributed by atoms with Crippen LogP contribution in [0.5, 0.6) is 0 Å². The number of rotatable bonds is 2. The molecule has 0 aliphatic carbocycles. The van der Waals surface area contributed by atoms with Crippen molar-refractivity contribution in [1.29, 1.82) is 0 Å². The molecule has 0 atom stereocenters. The van der Waals surface area contributed by atoms with Gasteiger partial charge in [0, 0.05) is 12.5 Å². The van der Waals surface area contributed by atoms with Gasteiger partial charge in [-0.1, -0.05) is 0 Å². The molecule has 0 aromatic heterocycles. The molecule has 0 aromatic rings. The summed E-state index contributed by atoms with van der Waals surface area (Å²) in [5.74, 6) is 0. The lowest BCUT2D eigenvalue weighted by molar-refractivity contribution is -0.328. The van der Waals surface area contributed by atoms with Crippen LogP contribution in [0, 0.1) is 0 Å². The Labute approximate surface area is 64.6 Å². The second-order valence-corrected chi connectivity index (χ2v) is 3.43. The molecule has 1 rings (SSSR count). The summed E-state index contributed by atoms with van der Waals surface area (Å²) in [5.41, 5.74) is 0. The third kappa shape index (κ3) is 1.79. The fourth-order valence-electron chi connectivity index (χ4n) is 0.733. The van der Waals surface area contributed by atoms with Crippen LogP contribution in [0.3, 0.4) is 0 Å². The molecule has 0 unspecified atom stereocenters. The Morgan fingerprint density at radius 1 is 1.56 bits per heavy atom. The van der Waals surface area contributed by atoms with E-state index in [1.165, 1.54) is 0 Å². The highest BCUT2D eigenvalue weighted by Crippen LogP contribution is 2.09. The van der Waals surface area contributed by atoms with E-state index in [1.807, 2.05) is 0 Å². The Hall–Kier alpha value is 0.170. The molecule has 0 radical (unpaired) electrons. The van der Waals surface area contributed by atoms with Crippen molar-refractivity contribution in [2.24, 2.45) is 0 Å². The van der Waals surface area contributed by atoms with Gasteiger partial charge in [-0.3, -0.25) is 0 Å². The fraction of sp³-hybridized carbons (Fsp3) is 0.800. The zero-order valence-corrected chi connectivity index (χ0v) is 7.34. The van der Waals surface area contributed by atoms with Gasteiger partial charge in [0.15, 0.2) is 0 Å². The van der Waals surface area contributed by atoms with E-state index < -0.39 is 0 Å². The van der Waals surface area contributed by atoms with Gasteiger partial charge in [0.05, 0.1) is 23.9 Å². The summed E-state index contributed by atoms with van der Waals surface area (Å²) in [7, 11) is 0. The van der Waals surface area contributed by atoms with Crippen molar-refractivity contribution in [3.05, 3.63) is 0 Å². The molecular weight excluding hydrogens is 152 g/mol. The lowest BCUT2D eigenvalue weighted by Crippen LogP contribution is -2.08. The molecule has 0 saturated heterocycles. The summed E-state index contributed by atoms with van der Waals surface area (Å²) >= 11 is 3.55. The standard InChI is InChI=1S/C5H11N2S2/c1-8-6-3-4-7(5-6)9-2/h5H,3-4H2,1-2H3/q+1. The third-order valence-electron chi connectivity index (χ3n) is 1.27. The monoisotopic (exact) mass is 163 g/mol. The van der Waals surface area contributed by atoms with Crippen LogP contribution < -0.4 is 0 Å². The van der Waals surface area contributed by atoms with Gasteiger partial charge in [-0.15, -0.1) is 0 Å². The van der Waals surface area contributed by atoms with Gasteiger partial charge in [0.2, 0.25) is 0 Å². The second kappa shape index (κ2) is 3.37. The Kier molecular flexibility index (Phi) is 2.72. The summed E-state index contributed by atoms with van der Waals surface area (Å²) in [4.78, 5) is 0. The van der Waals surface area contributed by atoms with E-state index in [-0.39, 0.29) is 0 Å². The predicted octanol–water partition coefficient (Wildman–Crippen LogP) is 0.899. The van der Waals surface area contributed by atoms with Gasteiger partial charge >= 0.3 is 0 Å².